The molecule has 0 aromatic heterocycles. The van der Waals surface area contributed by atoms with Gasteiger partial charge >= 0.3 is 29.6 Å². The molecule has 0 heterocycles. The van der Waals surface area contributed by atoms with Crippen LogP contribution >= 0.6 is 11.6 Å². The van der Waals surface area contributed by atoms with Crippen LogP contribution in [0.25, 0.3) is 0 Å². The second-order valence-corrected chi connectivity index (χ2v) is 5.43. The van der Waals surface area contributed by atoms with Crippen molar-refractivity contribution >= 4 is 33.1 Å². The van der Waals surface area contributed by atoms with E-state index in [1.54, 1.807) is 18.2 Å². The van der Waals surface area contributed by atoms with Crippen molar-refractivity contribution in [1.29, 1.82) is 0 Å². The van der Waals surface area contributed by atoms with Gasteiger partial charge in [-0.3, -0.25) is 0 Å². The number of rotatable bonds is 3. The van der Waals surface area contributed by atoms with Crippen LogP contribution in [0.15, 0.2) is 53.4 Å². The Labute approximate surface area is 138 Å². The molecule has 0 amide bonds. The topological polar surface area (TPSA) is 69.2 Å². The second kappa shape index (κ2) is 6.74. The minimum Gasteiger partial charge on any atom is -0.744 e. The third-order valence-electron chi connectivity index (χ3n) is 2.26. The molecule has 0 spiro atoms. The SMILES string of the molecule is O=S(=O)([O-])c1ccc(Nc2cccc(Cl)c2)cc1.[Na+]. The molecule has 2 aromatic carbocycles. The molecule has 19 heavy (non-hydrogen) atoms. The van der Waals surface area contributed by atoms with Crippen molar-refractivity contribution in [3.63, 3.8) is 0 Å². The summed E-state index contributed by atoms with van der Waals surface area (Å²) in [5.41, 5.74) is 1.45. The smallest absolute Gasteiger partial charge is 0.744 e. The molecule has 0 unspecified atom stereocenters. The maximum atomic E-state index is 10.8. The standard InChI is InChI=1S/C12H10ClNO3S.Na/c13-9-2-1-3-11(8-9)14-10-4-6-12(7-5-10)18(15,16)17;/h1-8,14H,(H,15,16,17);/q;+1/p-1. The van der Waals surface area contributed by atoms with Crippen LogP contribution in [0.4, 0.5) is 11.4 Å². The molecular formula is C12H9ClNNaO3S. The first-order valence-corrected chi connectivity index (χ1v) is 6.82. The summed E-state index contributed by atoms with van der Waals surface area (Å²) in [6.07, 6.45) is 0. The maximum Gasteiger partial charge on any atom is 1.00 e. The van der Waals surface area contributed by atoms with Crippen LogP contribution in [0.5, 0.6) is 0 Å². The Hall–Kier alpha value is -0.560. The number of benzene rings is 2. The molecule has 0 atom stereocenters. The number of hydrogen-bond acceptors (Lipinski definition) is 4. The van der Waals surface area contributed by atoms with Crippen LogP contribution in [0.2, 0.25) is 5.02 Å². The van der Waals surface area contributed by atoms with Crippen LogP contribution in [0.3, 0.4) is 0 Å². The van der Waals surface area contributed by atoms with Gasteiger partial charge in [0.15, 0.2) is 0 Å². The summed E-state index contributed by atoms with van der Waals surface area (Å²) in [7, 11) is -4.40. The van der Waals surface area contributed by atoms with Crippen LogP contribution < -0.4 is 34.9 Å². The summed E-state index contributed by atoms with van der Waals surface area (Å²) < 4.78 is 32.3. The van der Waals surface area contributed by atoms with E-state index in [0.717, 1.165) is 5.69 Å². The van der Waals surface area contributed by atoms with Crippen molar-refractivity contribution in [3.8, 4) is 0 Å². The predicted molar refractivity (Wildman–Crippen MR) is 69.1 cm³/mol. The van der Waals surface area contributed by atoms with Crippen LogP contribution in [0, 0.1) is 0 Å². The van der Waals surface area contributed by atoms with Gasteiger partial charge < -0.3 is 9.87 Å². The van der Waals surface area contributed by atoms with Gasteiger partial charge in [0.2, 0.25) is 0 Å². The number of hydrogen-bond donors (Lipinski definition) is 1. The van der Waals surface area contributed by atoms with Crippen molar-refractivity contribution in [2.24, 2.45) is 0 Å². The van der Waals surface area contributed by atoms with Gasteiger partial charge in [-0.1, -0.05) is 17.7 Å². The summed E-state index contributed by atoms with van der Waals surface area (Å²) in [6, 6.07) is 12.7. The zero-order chi connectivity index (χ0) is 13.2. The molecule has 2 rings (SSSR count). The summed E-state index contributed by atoms with van der Waals surface area (Å²) in [5.74, 6) is 0. The molecule has 0 aliphatic heterocycles. The first-order chi connectivity index (χ1) is 8.45. The summed E-state index contributed by atoms with van der Waals surface area (Å²) in [6.45, 7) is 0. The van der Waals surface area contributed by atoms with E-state index in [1.165, 1.54) is 24.3 Å². The quantitative estimate of drug-likeness (QED) is 0.640. The normalized spacial score (nSPS) is 10.6. The number of halogens is 1. The summed E-state index contributed by atoms with van der Waals surface area (Å²) in [5, 5.41) is 3.64. The van der Waals surface area contributed by atoms with E-state index in [2.05, 4.69) is 5.32 Å². The molecule has 2 aromatic rings. The Bertz CT molecular complexity index is 659. The molecule has 0 aliphatic rings. The largest absolute Gasteiger partial charge is 1.00 e. The van der Waals surface area contributed by atoms with Crippen LogP contribution in [0.1, 0.15) is 0 Å². The van der Waals surface area contributed by atoms with Gasteiger partial charge in [-0.05, 0) is 42.5 Å². The zero-order valence-corrected chi connectivity index (χ0v) is 13.7. The fourth-order valence-corrected chi connectivity index (χ4v) is 2.10. The minimum atomic E-state index is -4.40. The zero-order valence-electron chi connectivity index (χ0n) is 10.1. The van der Waals surface area contributed by atoms with E-state index in [0.29, 0.717) is 10.7 Å². The third-order valence-corrected chi connectivity index (χ3v) is 3.34. The van der Waals surface area contributed by atoms with E-state index >= 15 is 0 Å². The van der Waals surface area contributed by atoms with E-state index in [4.69, 9.17) is 11.6 Å². The van der Waals surface area contributed by atoms with Gasteiger partial charge in [0.1, 0.15) is 10.1 Å². The second-order valence-electron chi connectivity index (χ2n) is 3.61. The first-order valence-electron chi connectivity index (χ1n) is 5.04. The molecule has 0 fully saturated rings. The fourth-order valence-electron chi connectivity index (χ4n) is 1.44. The molecule has 0 saturated heterocycles. The average Bonchev–Trinajstić information content (AvgIpc) is 2.28. The van der Waals surface area contributed by atoms with E-state index in [9.17, 15) is 13.0 Å². The van der Waals surface area contributed by atoms with Gasteiger partial charge in [0.05, 0.1) is 4.90 Å². The molecule has 4 nitrogen and oxygen atoms in total. The Morgan fingerprint density at radius 1 is 1.00 bits per heavy atom. The molecule has 0 radical (unpaired) electrons. The molecule has 0 saturated carbocycles. The minimum absolute atomic E-state index is 0. The number of nitrogens with one attached hydrogen (secondary N) is 1. The van der Waals surface area contributed by atoms with Crippen molar-refractivity contribution in [3.05, 3.63) is 53.6 Å². The van der Waals surface area contributed by atoms with Gasteiger partial charge in [-0.2, -0.15) is 0 Å². The Kier molecular flexibility index (Phi) is 5.85. The van der Waals surface area contributed by atoms with E-state index < -0.39 is 10.1 Å². The maximum absolute atomic E-state index is 10.8. The molecular weight excluding hydrogens is 297 g/mol. The van der Waals surface area contributed by atoms with Crippen molar-refractivity contribution in [2.75, 3.05) is 5.32 Å². The molecule has 0 bridgehead atoms. The monoisotopic (exact) mass is 305 g/mol. The Balaban J connectivity index is 0.00000180. The van der Waals surface area contributed by atoms with Crippen LogP contribution in [-0.4, -0.2) is 13.0 Å². The first kappa shape index (κ1) is 16.5. The van der Waals surface area contributed by atoms with E-state index in [1.807, 2.05) is 6.07 Å². The van der Waals surface area contributed by atoms with Crippen molar-refractivity contribution in [2.45, 2.75) is 4.90 Å². The Morgan fingerprint density at radius 2 is 1.63 bits per heavy atom. The van der Waals surface area contributed by atoms with Crippen LogP contribution in [-0.2, 0) is 10.1 Å². The number of anilines is 2. The fraction of sp³-hybridized carbons (Fsp3) is 0. The molecule has 7 heteroatoms. The van der Waals surface area contributed by atoms with Crippen molar-refractivity contribution in [1.82, 2.24) is 0 Å². The molecule has 0 aliphatic carbocycles. The predicted octanol–water partition coefficient (Wildman–Crippen LogP) is -0.00830. The van der Waals surface area contributed by atoms with Gasteiger partial charge in [-0.25, -0.2) is 8.42 Å². The van der Waals surface area contributed by atoms with Crippen molar-refractivity contribution < 1.29 is 42.5 Å². The average molecular weight is 306 g/mol. The van der Waals surface area contributed by atoms with Gasteiger partial charge in [0, 0.05) is 16.4 Å². The Morgan fingerprint density at radius 3 is 2.16 bits per heavy atom. The van der Waals surface area contributed by atoms with Gasteiger partial charge in [-0.15, -0.1) is 0 Å². The van der Waals surface area contributed by atoms with E-state index in [-0.39, 0.29) is 34.5 Å². The molecule has 94 valence electrons. The third kappa shape index (κ3) is 4.80. The summed E-state index contributed by atoms with van der Waals surface area (Å²) in [4.78, 5) is -0.251. The molecule has 1 N–H and O–H groups in total. The van der Waals surface area contributed by atoms with Gasteiger partial charge in [0.25, 0.3) is 0 Å². The summed E-state index contributed by atoms with van der Waals surface area (Å²) >= 11 is 5.84.